The van der Waals surface area contributed by atoms with Crippen molar-refractivity contribution in [2.24, 2.45) is 0 Å². The second-order valence-electron chi connectivity index (χ2n) is 5.04. The van der Waals surface area contributed by atoms with Gasteiger partial charge in [0.25, 0.3) is 0 Å². The number of hydrogen-bond donors (Lipinski definition) is 1. The maximum atomic E-state index is 12.8. The molecule has 0 amide bonds. The molecule has 0 radical (unpaired) electrons. The predicted molar refractivity (Wildman–Crippen MR) is 80.8 cm³/mol. The number of benzene rings is 1. The summed E-state index contributed by atoms with van der Waals surface area (Å²) in [4.78, 5) is 3.90. The van der Waals surface area contributed by atoms with Crippen molar-refractivity contribution in [3.05, 3.63) is 59.5 Å². The third-order valence-corrected chi connectivity index (χ3v) is 3.40. The Morgan fingerprint density at radius 3 is 2.76 bits per heavy atom. The third-order valence-electron chi connectivity index (χ3n) is 3.40. The van der Waals surface area contributed by atoms with E-state index < -0.39 is 0 Å². The molecule has 0 aliphatic carbocycles. The number of halogens is 1. The highest BCUT2D eigenvalue weighted by Gasteiger charge is 2.05. The van der Waals surface area contributed by atoms with Gasteiger partial charge in [-0.2, -0.15) is 0 Å². The molecule has 1 N–H and O–H groups in total. The fourth-order valence-corrected chi connectivity index (χ4v) is 2.34. The maximum Gasteiger partial charge on any atom is 0.219 e. The Morgan fingerprint density at radius 1 is 1.14 bits per heavy atom. The highest BCUT2D eigenvalue weighted by atomic mass is 19.1. The number of aromatic nitrogens is 1. The first kappa shape index (κ1) is 13.8. The second kappa shape index (κ2) is 6.50. The van der Waals surface area contributed by atoms with Crippen LogP contribution in [0.2, 0.25) is 0 Å². The van der Waals surface area contributed by atoms with Crippen LogP contribution in [0.3, 0.4) is 0 Å². The molecule has 1 fully saturated rings. The molecule has 1 aliphatic rings. The van der Waals surface area contributed by atoms with Crippen LogP contribution in [0.4, 0.5) is 4.39 Å². The molecular weight excluding hydrogens is 267 g/mol. The van der Waals surface area contributed by atoms with Crippen LogP contribution >= 0.6 is 0 Å². The van der Waals surface area contributed by atoms with Gasteiger partial charge in [-0.05, 0) is 49.7 Å². The van der Waals surface area contributed by atoms with Crippen molar-refractivity contribution >= 4 is 6.08 Å². The van der Waals surface area contributed by atoms with Crippen molar-refractivity contribution in [3.8, 4) is 11.6 Å². The number of ether oxygens (including phenoxy) is 1. The average molecular weight is 284 g/mol. The molecule has 108 valence electrons. The van der Waals surface area contributed by atoms with Crippen LogP contribution in [0.25, 0.3) is 6.08 Å². The topological polar surface area (TPSA) is 34.1 Å². The normalized spacial score (nSPS) is 14.8. The fraction of sp³-hybridized carbons (Fsp3) is 0.235. The van der Waals surface area contributed by atoms with E-state index in [1.54, 1.807) is 0 Å². The first-order chi connectivity index (χ1) is 10.3. The minimum Gasteiger partial charge on any atom is -0.439 e. The van der Waals surface area contributed by atoms with Crippen molar-refractivity contribution in [3.63, 3.8) is 0 Å². The monoisotopic (exact) mass is 284 g/mol. The standard InChI is InChI=1S/C17H17FN2O/c18-15-4-5-17(20-12-15)21-16-3-1-2-14(11-16)10-13-6-8-19-9-7-13/h1-5,10-12,19H,6-9H2. The molecule has 1 aromatic heterocycles. The van der Waals surface area contributed by atoms with Crippen LogP contribution in [-0.4, -0.2) is 18.1 Å². The molecule has 0 bridgehead atoms. The van der Waals surface area contributed by atoms with Crippen LogP contribution in [0.1, 0.15) is 18.4 Å². The quantitative estimate of drug-likeness (QED) is 0.931. The van der Waals surface area contributed by atoms with Gasteiger partial charge in [-0.3, -0.25) is 0 Å². The van der Waals surface area contributed by atoms with Gasteiger partial charge >= 0.3 is 0 Å². The molecule has 1 aliphatic heterocycles. The summed E-state index contributed by atoms with van der Waals surface area (Å²) in [5.74, 6) is 0.729. The lowest BCUT2D eigenvalue weighted by Gasteiger charge is -2.15. The smallest absolute Gasteiger partial charge is 0.219 e. The lowest BCUT2D eigenvalue weighted by molar-refractivity contribution is 0.459. The van der Waals surface area contributed by atoms with Crippen molar-refractivity contribution in [1.29, 1.82) is 0 Å². The van der Waals surface area contributed by atoms with Crippen LogP contribution in [-0.2, 0) is 0 Å². The summed E-state index contributed by atoms with van der Waals surface area (Å²) < 4.78 is 18.5. The van der Waals surface area contributed by atoms with Crippen LogP contribution in [0.5, 0.6) is 11.6 Å². The van der Waals surface area contributed by atoms with E-state index >= 15 is 0 Å². The lowest BCUT2D eigenvalue weighted by Crippen LogP contribution is -2.22. The molecule has 2 aromatic rings. The van der Waals surface area contributed by atoms with Gasteiger partial charge in [-0.25, -0.2) is 9.37 Å². The van der Waals surface area contributed by atoms with E-state index in [9.17, 15) is 4.39 Å². The number of rotatable bonds is 3. The van der Waals surface area contributed by atoms with Crippen molar-refractivity contribution in [2.45, 2.75) is 12.8 Å². The van der Waals surface area contributed by atoms with Gasteiger partial charge < -0.3 is 10.1 Å². The van der Waals surface area contributed by atoms with Gasteiger partial charge in [-0.15, -0.1) is 0 Å². The van der Waals surface area contributed by atoms with Gasteiger partial charge in [0.2, 0.25) is 5.88 Å². The van der Waals surface area contributed by atoms with Crippen LogP contribution in [0.15, 0.2) is 48.2 Å². The zero-order chi connectivity index (χ0) is 14.5. The van der Waals surface area contributed by atoms with E-state index in [0.717, 1.165) is 37.7 Å². The third kappa shape index (κ3) is 3.89. The first-order valence-electron chi connectivity index (χ1n) is 7.09. The molecule has 0 spiro atoms. The molecule has 3 nitrogen and oxygen atoms in total. The summed E-state index contributed by atoms with van der Waals surface area (Å²) in [5.41, 5.74) is 2.57. The SMILES string of the molecule is Fc1ccc(Oc2cccc(C=C3CCNCC3)c2)nc1. The highest BCUT2D eigenvalue weighted by Crippen LogP contribution is 2.23. The molecule has 0 atom stereocenters. The molecule has 21 heavy (non-hydrogen) atoms. The minimum atomic E-state index is -0.369. The van der Waals surface area contributed by atoms with E-state index in [1.807, 2.05) is 18.2 Å². The molecule has 1 aromatic carbocycles. The highest BCUT2D eigenvalue weighted by molar-refractivity contribution is 5.55. The predicted octanol–water partition coefficient (Wildman–Crippen LogP) is 3.78. The van der Waals surface area contributed by atoms with E-state index in [0.29, 0.717) is 11.6 Å². The average Bonchev–Trinajstić information content (AvgIpc) is 2.51. The second-order valence-corrected chi connectivity index (χ2v) is 5.04. The summed E-state index contributed by atoms with van der Waals surface area (Å²) in [6.45, 7) is 2.09. The molecule has 3 rings (SSSR count). The summed E-state index contributed by atoms with van der Waals surface area (Å²) in [6, 6.07) is 10.7. The fourth-order valence-electron chi connectivity index (χ4n) is 2.34. The van der Waals surface area contributed by atoms with Gasteiger partial charge in [0.05, 0.1) is 6.20 Å². The van der Waals surface area contributed by atoms with Gasteiger partial charge in [0.1, 0.15) is 11.6 Å². The Balaban J connectivity index is 1.75. The van der Waals surface area contributed by atoms with Gasteiger partial charge in [-0.1, -0.05) is 23.8 Å². The number of pyridine rings is 1. The molecule has 1 saturated heterocycles. The Labute approximate surface area is 123 Å². The maximum absolute atomic E-state index is 12.8. The molecular formula is C17H17FN2O. The van der Waals surface area contributed by atoms with E-state index in [2.05, 4.69) is 22.4 Å². The number of piperidine rings is 1. The van der Waals surface area contributed by atoms with Crippen molar-refractivity contribution in [1.82, 2.24) is 10.3 Å². The lowest BCUT2D eigenvalue weighted by atomic mass is 10.0. The van der Waals surface area contributed by atoms with Crippen molar-refractivity contribution in [2.75, 3.05) is 13.1 Å². The molecule has 0 unspecified atom stereocenters. The van der Waals surface area contributed by atoms with Gasteiger partial charge in [0.15, 0.2) is 0 Å². The van der Waals surface area contributed by atoms with E-state index in [-0.39, 0.29) is 5.82 Å². The summed E-state index contributed by atoms with van der Waals surface area (Å²) in [5, 5.41) is 3.34. The van der Waals surface area contributed by atoms with E-state index in [4.69, 9.17) is 4.74 Å². The zero-order valence-corrected chi connectivity index (χ0v) is 11.7. The number of hydrogen-bond acceptors (Lipinski definition) is 3. The first-order valence-corrected chi connectivity index (χ1v) is 7.09. The van der Waals surface area contributed by atoms with Crippen LogP contribution in [0, 0.1) is 5.82 Å². The van der Waals surface area contributed by atoms with E-state index in [1.165, 1.54) is 17.7 Å². The number of nitrogens with zero attached hydrogens (tertiary/aromatic N) is 1. The number of nitrogens with one attached hydrogen (secondary N) is 1. The van der Waals surface area contributed by atoms with Crippen molar-refractivity contribution < 1.29 is 9.13 Å². The summed E-state index contributed by atoms with van der Waals surface area (Å²) in [7, 11) is 0. The largest absolute Gasteiger partial charge is 0.439 e. The molecule has 4 heteroatoms. The molecule has 2 heterocycles. The minimum absolute atomic E-state index is 0.369. The Bertz CT molecular complexity index is 629. The molecule has 0 saturated carbocycles. The zero-order valence-electron chi connectivity index (χ0n) is 11.7. The summed E-state index contributed by atoms with van der Waals surface area (Å²) >= 11 is 0. The Morgan fingerprint density at radius 2 is 2.00 bits per heavy atom. The van der Waals surface area contributed by atoms with Gasteiger partial charge in [0, 0.05) is 6.07 Å². The summed E-state index contributed by atoms with van der Waals surface area (Å²) in [6.07, 6.45) is 5.54. The Kier molecular flexibility index (Phi) is 4.26. The Hall–Kier alpha value is -2.20. The van der Waals surface area contributed by atoms with Crippen LogP contribution < -0.4 is 10.1 Å².